The Balaban J connectivity index is 4.01. The van der Waals surface area contributed by atoms with E-state index in [0.29, 0.717) is 6.54 Å². The van der Waals surface area contributed by atoms with E-state index in [1.165, 1.54) is 12.0 Å². The second-order valence-corrected chi connectivity index (χ2v) is 3.48. The van der Waals surface area contributed by atoms with E-state index >= 15 is 0 Å². The predicted octanol–water partition coefficient (Wildman–Crippen LogP) is -0.137. The SMILES string of the molecule is CCNCC(C)C(=O)N(C)CC(=O)OC. The predicted molar refractivity (Wildman–Crippen MR) is 57.4 cm³/mol. The van der Waals surface area contributed by atoms with E-state index in [-0.39, 0.29) is 18.4 Å². The van der Waals surface area contributed by atoms with Crippen LogP contribution in [0, 0.1) is 5.92 Å². The Morgan fingerprint density at radius 3 is 2.53 bits per heavy atom. The number of nitrogens with one attached hydrogen (secondary N) is 1. The molecule has 5 nitrogen and oxygen atoms in total. The number of ether oxygens (including phenoxy) is 1. The zero-order valence-corrected chi connectivity index (χ0v) is 9.87. The van der Waals surface area contributed by atoms with Crippen LogP contribution in [0.25, 0.3) is 0 Å². The van der Waals surface area contributed by atoms with Crippen LogP contribution in [0.2, 0.25) is 0 Å². The van der Waals surface area contributed by atoms with Crippen molar-refractivity contribution in [2.45, 2.75) is 13.8 Å². The summed E-state index contributed by atoms with van der Waals surface area (Å²) in [6.07, 6.45) is 0. The molecule has 0 saturated heterocycles. The lowest BCUT2D eigenvalue weighted by atomic mass is 10.1. The molecule has 0 aromatic heterocycles. The Hall–Kier alpha value is -1.10. The van der Waals surface area contributed by atoms with E-state index in [4.69, 9.17) is 0 Å². The number of carbonyl (C=O) groups is 2. The highest BCUT2D eigenvalue weighted by Gasteiger charge is 2.18. The molecule has 1 unspecified atom stereocenters. The molecule has 0 aromatic carbocycles. The van der Waals surface area contributed by atoms with E-state index in [9.17, 15) is 9.59 Å². The number of amides is 1. The maximum atomic E-state index is 11.7. The normalized spacial score (nSPS) is 12.0. The average molecular weight is 216 g/mol. The zero-order valence-electron chi connectivity index (χ0n) is 9.87. The number of methoxy groups -OCH3 is 1. The molecule has 0 rings (SSSR count). The fraction of sp³-hybridized carbons (Fsp3) is 0.800. The molecule has 1 atom stereocenters. The van der Waals surface area contributed by atoms with Crippen LogP contribution in [-0.2, 0) is 14.3 Å². The Labute approximate surface area is 90.8 Å². The maximum absolute atomic E-state index is 11.7. The smallest absolute Gasteiger partial charge is 0.325 e. The first-order valence-corrected chi connectivity index (χ1v) is 5.05. The molecule has 0 fully saturated rings. The van der Waals surface area contributed by atoms with Gasteiger partial charge in [0.15, 0.2) is 0 Å². The molecule has 0 spiro atoms. The zero-order chi connectivity index (χ0) is 11.8. The first-order valence-electron chi connectivity index (χ1n) is 5.05. The molecule has 0 aliphatic rings. The third kappa shape index (κ3) is 5.37. The number of nitrogens with zero attached hydrogens (tertiary/aromatic N) is 1. The summed E-state index contributed by atoms with van der Waals surface area (Å²) in [5.74, 6) is -0.581. The molecular formula is C10H20N2O3. The summed E-state index contributed by atoms with van der Waals surface area (Å²) >= 11 is 0. The van der Waals surface area contributed by atoms with E-state index < -0.39 is 5.97 Å². The summed E-state index contributed by atoms with van der Waals surface area (Å²) < 4.78 is 4.48. The third-order valence-electron chi connectivity index (χ3n) is 2.09. The summed E-state index contributed by atoms with van der Waals surface area (Å²) in [5.41, 5.74) is 0. The van der Waals surface area contributed by atoms with Crippen LogP contribution in [-0.4, -0.2) is 50.6 Å². The van der Waals surface area contributed by atoms with Crippen LogP contribution in [0.4, 0.5) is 0 Å². The Bertz CT molecular complexity index is 219. The van der Waals surface area contributed by atoms with Crippen molar-refractivity contribution in [3.63, 3.8) is 0 Å². The van der Waals surface area contributed by atoms with Gasteiger partial charge < -0.3 is 15.0 Å². The highest BCUT2D eigenvalue weighted by molar-refractivity contribution is 5.83. The molecule has 0 bridgehead atoms. The number of likely N-dealkylation sites (N-methyl/N-ethyl adjacent to an activating group) is 1. The lowest BCUT2D eigenvalue weighted by molar-refractivity contribution is -0.147. The highest BCUT2D eigenvalue weighted by atomic mass is 16.5. The third-order valence-corrected chi connectivity index (χ3v) is 2.09. The quantitative estimate of drug-likeness (QED) is 0.628. The van der Waals surface area contributed by atoms with Gasteiger partial charge in [0.2, 0.25) is 5.91 Å². The van der Waals surface area contributed by atoms with Gasteiger partial charge in [-0.2, -0.15) is 0 Å². The van der Waals surface area contributed by atoms with Gasteiger partial charge in [-0.25, -0.2) is 0 Å². The molecule has 1 N–H and O–H groups in total. The molecular weight excluding hydrogens is 196 g/mol. The largest absolute Gasteiger partial charge is 0.468 e. The minimum absolute atomic E-state index is 0.00575. The van der Waals surface area contributed by atoms with Crippen molar-refractivity contribution < 1.29 is 14.3 Å². The lowest BCUT2D eigenvalue weighted by Crippen LogP contribution is -2.39. The van der Waals surface area contributed by atoms with Gasteiger partial charge in [-0.3, -0.25) is 9.59 Å². The molecule has 15 heavy (non-hydrogen) atoms. The van der Waals surface area contributed by atoms with Crippen LogP contribution < -0.4 is 5.32 Å². The lowest BCUT2D eigenvalue weighted by Gasteiger charge is -2.20. The summed E-state index contributed by atoms with van der Waals surface area (Å²) in [5, 5.41) is 3.09. The van der Waals surface area contributed by atoms with Crippen LogP contribution in [0.15, 0.2) is 0 Å². The summed E-state index contributed by atoms with van der Waals surface area (Å²) in [7, 11) is 2.91. The van der Waals surface area contributed by atoms with Gasteiger partial charge in [0, 0.05) is 19.5 Å². The molecule has 0 aliphatic heterocycles. The van der Waals surface area contributed by atoms with E-state index in [1.807, 2.05) is 13.8 Å². The van der Waals surface area contributed by atoms with Crippen LogP contribution in [0.1, 0.15) is 13.8 Å². The molecule has 88 valence electrons. The number of esters is 1. The van der Waals surface area contributed by atoms with Crippen molar-refractivity contribution in [2.24, 2.45) is 5.92 Å². The van der Waals surface area contributed by atoms with Gasteiger partial charge in [-0.1, -0.05) is 13.8 Å². The van der Waals surface area contributed by atoms with Crippen molar-refractivity contribution in [3.8, 4) is 0 Å². The van der Waals surface area contributed by atoms with E-state index in [0.717, 1.165) is 6.54 Å². The first-order chi connectivity index (χ1) is 7.02. The summed E-state index contributed by atoms with van der Waals surface area (Å²) in [4.78, 5) is 24.0. The number of hydrogen-bond donors (Lipinski definition) is 1. The van der Waals surface area contributed by atoms with Gasteiger partial charge in [-0.15, -0.1) is 0 Å². The topological polar surface area (TPSA) is 58.6 Å². The molecule has 0 aromatic rings. The number of hydrogen-bond acceptors (Lipinski definition) is 4. The fourth-order valence-corrected chi connectivity index (χ4v) is 1.16. The highest BCUT2D eigenvalue weighted by Crippen LogP contribution is 1.99. The van der Waals surface area contributed by atoms with E-state index in [2.05, 4.69) is 10.1 Å². The standard InChI is InChI=1S/C10H20N2O3/c1-5-11-6-8(2)10(14)12(3)7-9(13)15-4/h8,11H,5-7H2,1-4H3. The van der Waals surface area contributed by atoms with Crippen molar-refractivity contribution in [1.29, 1.82) is 0 Å². The maximum Gasteiger partial charge on any atom is 0.325 e. The Morgan fingerprint density at radius 2 is 2.07 bits per heavy atom. The molecule has 0 aliphatic carbocycles. The monoisotopic (exact) mass is 216 g/mol. The van der Waals surface area contributed by atoms with Gasteiger partial charge in [-0.05, 0) is 6.54 Å². The number of rotatable bonds is 6. The molecule has 0 heterocycles. The van der Waals surface area contributed by atoms with E-state index in [1.54, 1.807) is 7.05 Å². The summed E-state index contributed by atoms with van der Waals surface area (Å²) in [6.45, 7) is 5.28. The molecule has 0 radical (unpaired) electrons. The van der Waals surface area contributed by atoms with Gasteiger partial charge in [0.25, 0.3) is 0 Å². The molecule has 5 heteroatoms. The van der Waals surface area contributed by atoms with Crippen LogP contribution in [0.5, 0.6) is 0 Å². The molecule has 1 amide bonds. The van der Waals surface area contributed by atoms with Crippen LogP contribution >= 0.6 is 0 Å². The van der Waals surface area contributed by atoms with Crippen molar-refractivity contribution in [2.75, 3.05) is 33.8 Å². The van der Waals surface area contributed by atoms with Gasteiger partial charge in [0.05, 0.1) is 7.11 Å². The van der Waals surface area contributed by atoms with Gasteiger partial charge in [0.1, 0.15) is 6.54 Å². The van der Waals surface area contributed by atoms with Crippen LogP contribution in [0.3, 0.4) is 0 Å². The Kier molecular flexibility index (Phi) is 6.70. The van der Waals surface area contributed by atoms with Crippen molar-refractivity contribution in [1.82, 2.24) is 10.2 Å². The second kappa shape index (κ2) is 7.23. The van der Waals surface area contributed by atoms with Gasteiger partial charge >= 0.3 is 5.97 Å². The average Bonchev–Trinajstić information content (AvgIpc) is 2.24. The minimum Gasteiger partial charge on any atom is -0.468 e. The molecule has 0 saturated carbocycles. The fourth-order valence-electron chi connectivity index (χ4n) is 1.16. The van der Waals surface area contributed by atoms with Crippen molar-refractivity contribution >= 4 is 11.9 Å². The summed E-state index contributed by atoms with van der Waals surface area (Å²) in [6, 6.07) is 0. The van der Waals surface area contributed by atoms with Crippen molar-refractivity contribution in [3.05, 3.63) is 0 Å². The number of carbonyl (C=O) groups excluding carboxylic acids is 2. The second-order valence-electron chi connectivity index (χ2n) is 3.48. The minimum atomic E-state index is -0.401. The first kappa shape index (κ1) is 13.9. The Morgan fingerprint density at radius 1 is 1.47 bits per heavy atom.